The summed E-state index contributed by atoms with van der Waals surface area (Å²) in [4.78, 5) is 0. The minimum absolute atomic E-state index is 0.353. The molecule has 0 amide bonds. The van der Waals surface area contributed by atoms with Gasteiger partial charge in [-0.1, -0.05) is 13.3 Å². The highest BCUT2D eigenvalue weighted by atomic mass is 16.3. The predicted octanol–water partition coefficient (Wildman–Crippen LogP) is 0.578. The first kappa shape index (κ1) is 6.92. The van der Waals surface area contributed by atoms with E-state index in [9.17, 15) is 5.11 Å². The summed E-state index contributed by atoms with van der Waals surface area (Å²) in [7, 11) is 0. The summed E-state index contributed by atoms with van der Waals surface area (Å²) >= 11 is 0. The van der Waals surface area contributed by atoms with E-state index in [0.29, 0.717) is 6.42 Å². The van der Waals surface area contributed by atoms with Crippen LogP contribution in [0.5, 0.6) is 0 Å². The van der Waals surface area contributed by atoms with Crippen LogP contribution < -0.4 is 0 Å². The maximum absolute atomic E-state index is 9.77. The number of aliphatic hydroxyl groups excluding tert-OH is 1. The molecule has 0 bridgehead atoms. The Morgan fingerprint density at radius 3 is 2.43 bits per heavy atom. The zero-order valence-corrected chi connectivity index (χ0v) is 4.55. The summed E-state index contributed by atoms with van der Waals surface area (Å²) in [5, 5.41) is 18.3. The maximum atomic E-state index is 9.77. The Morgan fingerprint density at radius 2 is 2.29 bits per heavy atom. The third-order valence-corrected chi connectivity index (χ3v) is 0.814. The van der Waals surface area contributed by atoms with E-state index in [1.807, 2.05) is 6.92 Å². The van der Waals surface area contributed by atoms with Gasteiger partial charge in [0.1, 0.15) is 6.61 Å². The molecule has 0 aliphatic rings. The molecule has 0 heterocycles. The van der Waals surface area contributed by atoms with Crippen molar-refractivity contribution in [2.45, 2.75) is 25.9 Å². The lowest BCUT2D eigenvalue weighted by Crippen LogP contribution is -2.09. The molecule has 0 aliphatic carbocycles. The van der Waals surface area contributed by atoms with Gasteiger partial charge in [-0.25, -0.2) is 5.11 Å². The molecule has 0 aromatic heterocycles. The fraction of sp³-hybridized carbons (Fsp3) is 1.00. The van der Waals surface area contributed by atoms with Crippen LogP contribution in [0, 0.1) is 0 Å². The highest BCUT2D eigenvalue weighted by Crippen LogP contribution is 1.92. The summed E-state index contributed by atoms with van der Waals surface area (Å²) < 4.78 is 0. The summed E-state index contributed by atoms with van der Waals surface area (Å²) in [6.45, 7) is 1.59. The molecule has 7 heavy (non-hydrogen) atoms. The molecule has 1 N–H and O–H groups in total. The standard InChI is InChI=1S/C5H11O2/c1-2-3-5(7)4-6/h5,7H,2-4H2,1H3/t5-/m1/s1. The lowest BCUT2D eigenvalue weighted by Gasteiger charge is -1.99. The fourth-order valence-corrected chi connectivity index (χ4v) is 0.417. The van der Waals surface area contributed by atoms with Crippen LogP contribution >= 0.6 is 0 Å². The number of aliphatic hydroxyl groups is 1. The average Bonchev–Trinajstić information content (AvgIpc) is 1.68. The van der Waals surface area contributed by atoms with Crippen LogP contribution in [0.1, 0.15) is 19.8 Å². The summed E-state index contributed by atoms with van der Waals surface area (Å²) in [6.07, 6.45) is 0.928. The van der Waals surface area contributed by atoms with Gasteiger partial charge in [0.05, 0.1) is 6.10 Å². The molecule has 0 aliphatic heterocycles. The first-order valence-electron chi connectivity index (χ1n) is 2.57. The lowest BCUT2D eigenvalue weighted by molar-refractivity contribution is 0.0497. The molecule has 0 rings (SSSR count). The third-order valence-electron chi connectivity index (χ3n) is 0.814. The van der Waals surface area contributed by atoms with Crippen molar-refractivity contribution in [1.82, 2.24) is 0 Å². The largest absolute Gasteiger partial charge is 0.391 e. The number of hydrogen-bond acceptors (Lipinski definition) is 1. The van der Waals surface area contributed by atoms with E-state index in [0.717, 1.165) is 6.42 Å². The predicted molar refractivity (Wildman–Crippen MR) is 26.5 cm³/mol. The van der Waals surface area contributed by atoms with Crippen LogP contribution in [0.3, 0.4) is 0 Å². The van der Waals surface area contributed by atoms with Gasteiger partial charge in [-0.2, -0.15) is 0 Å². The molecule has 0 spiro atoms. The Hall–Kier alpha value is -0.0800. The van der Waals surface area contributed by atoms with E-state index in [1.54, 1.807) is 0 Å². The second-order valence-electron chi connectivity index (χ2n) is 1.61. The van der Waals surface area contributed by atoms with E-state index >= 15 is 0 Å². The lowest BCUT2D eigenvalue weighted by atomic mass is 10.2. The minimum atomic E-state index is -0.606. The highest BCUT2D eigenvalue weighted by Gasteiger charge is 1.97. The molecule has 43 valence electrons. The summed E-state index contributed by atoms with van der Waals surface area (Å²) in [6, 6.07) is 0. The molecule has 2 nitrogen and oxygen atoms in total. The van der Waals surface area contributed by atoms with Crippen molar-refractivity contribution in [2.24, 2.45) is 0 Å². The molecule has 2 heteroatoms. The highest BCUT2D eigenvalue weighted by molar-refractivity contribution is 4.47. The molecule has 0 aromatic carbocycles. The SMILES string of the molecule is CCC[C@@H](O)C[O]. The van der Waals surface area contributed by atoms with Crippen LogP contribution in [-0.2, 0) is 5.11 Å². The van der Waals surface area contributed by atoms with Crippen molar-refractivity contribution >= 4 is 0 Å². The van der Waals surface area contributed by atoms with Crippen molar-refractivity contribution in [3.63, 3.8) is 0 Å². The van der Waals surface area contributed by atoms with Gasteiger partial charge < -0.3 is 5.11 Å². The molecule has 0 fully saturated rings. The van der Waals surface area contributed by atoms with E-state index in [-0.39, 0.29) is 6.61 Å². The molecular formula is C5H11O2. The zero-order chi connectivity index (χ0) is 5.70. The van der Waals surface area contributed by atoms with E-state index < -0.39 is 6.10 Å². The second-order valence-corrected chi connectivity index (χ2v) is 1.61. The van der Waals surface area contributed by atoms with Crippen molar-refractivity contribution in [1.29, 1.82) is 0 Å². The summed E-state index contributed by atoms with van der Waals surface area (Å²) in [5.41, 5.74) is 0. The topological polar surface area (TPSA) is 40.1 Å². The molecule has 0 saturated heterocycles. The van der Waals surface area contributed by atoms with Crippen molar-refractivity contribution < 1.29 is 10.2 Å². The van der Waals surface area contributed by atoms with Crippen LogP contribution in [-0.4, -0.2) is 17.8 Å². The quantitative estimate of drug-likeness (QED) is 0.557. The first-order chi connectivity index (χ1) is 3.31. The van der Waals surface area contributed by atoms with Crippen LogP contribution in [0.15, 0.2) is 0 Å². The molecule has 0 saturated carbocycles. The van der Waals surface area contributed by atoms with Gasteiger partial charge in [-0.3, -0.25) is 0 Å². The van der Waals surface area contributed by atoms with E-state index in [2.05, 4.69) is 0 Å². The Kier molecular flexibility index (Phi) is 4.04. The van der Waals surface area contributed by atoms with Crippen molar-refractivity contribution in [3.05, 3.63) is 0 Å². The smallest absolute Gasteiger partial charge is 0.108 e. The van der Waals surface area contributed by atoms with Gasteiger partial charge in [-0.05, 0) is 6.42 Å². The van der Waals surface area contributed by atoms with Gasteiger partial charge in [0.15, 0.2) is 0 Å². The molecule has 1 radical (unpaired) electrons. The molecule has 1 atom stereocenters. The third kappa shape index (κ3) is 3.76. The van der Waals surface area contributed by atoms with Gasteiger partial charge in [0.2, 0.25) is 0 Å². The minimum Gasteiger partial charge on any atom is -0.391 e. The second kappa shape index (κ2) is 4.09. The Labute approximate surface area is 43.8 Å². The Bertz CT molecular complexity index is 37.1. The van der Waals surface area contributed by atoms with Crippen LogP contribution in [0.4, 0.5) is 0 Å². The zero-order valence-electron chi connectivity index (χ0n) is 4.55. The van der Waals surface area contributed by atoms with Crippen LogP contribution in [0.2, 0.25) is 0 Å². The normalized spacial score (nSPS) is 14.1. The van der Waals surface area contributed by atoms with E-state index in [1.165, 1.54) is 0 Å². The van der Waals surface area contributed by atoms with E-state index in [4.69, 9.17) is 5.11 Å². The van der Waals surface area contributed by atoms with Crippen molar-refractivity contribution in [3.8, 4) is 0 Å². The number of hydrogen-bond donors (Lipinski definition) is 1. The Morgan fingerprint density at radius 1 is 1.71 bits per heavy atom. The summed E-state index contributed by atoms with van der Waals surface area (Å²) in [5.74, 6) is 0. The van der Waals surface area contributed by atoms with Gasteiger partial charge >= 0.3 is 0 Å². The maximum Gasteiger partial charge on any atom is 0.108 e. The fourth-order valence-electron chi connectivity index (χ4n) is 0.417. The molecule has 0 unspecified atom stereocenters. The van der Waals surface area contributed by atoms with Crippen LogP contribution in [0.25, 0.3) is 0 Å². The Balaban J connectivity index is 2.83. The average molecular weight is 103 g/mol. The molecule has 0 aromatic rings. The molecular weight excluding hydrogens is 92.1 g/mol. The monoisotopic (exact) mass is 103 g/mol. The van der Waals surface area contributed by atoms with Gasteiger partial charge in [-0.15, -0.1) is 0 Å². The van der Waals surface area contributed by atoms with Gasteiger partial charge in [0.25, 0.3) is 0 Å². The first-order valence-corrected chi connectivity index (χ1v) is 2.57. The van der Waals surface area contributed by atoms with Crippen molar-refractivity contribution in [2.75, 3.05) is 6.61 Å². The number of rotatable bonds is 3. The van der Waals surface area contributed by atoms with Gasteiger partial charge in [0, 0.05) is 0 Å².